The van der Waals surface area contributed by atoms with Gasteiger partial charge in [0.1, 0.15) is 10.6 Å². The fourth-order valence-electron chi connectivity index (χ4n) is 2.66. The van der Waals surface area contributed by atoms with Gasteiger partial charge in [-0.2, -0.15) is 0 Å². The molecule has 0 spiro atoms. The number of esters is 1. The van der Waals surface area contributed by atoms with Gasteiger partial charge < -0.3 is 14.5 Å². The molecule has 1 atom stereocenters. The highest BCUT2D eigenvalue weighted by molar-refractivity contribution is 7.18. The lowest BCUT2D eigenvalue weighted by Crippen LogP contribution is -2.18. The van der Waals surface area contributed by atoms with Crippen molar-refractivity contribution >= 4 is 27.5 Å². The summed E-state index contributed by atoms with van der Waals surface area (Å²) >= 11 is 1.46. The molecule has 0 radical (unpaired) electrons. The zero-order valence-corrected chi connectivity index (χ0v) is 16.6. The number of nitrogens with one attached hydrogen (secondary N) is 1. The van der Waals surface area contributed by atoms with Crippen LogP contribution in [0.3, 0.4) is 0 Å². The van der Waals surface area contributed by atoms with Crippen LogP contribution in [0.4, 0.5) is 0 Å². The molecule has 0 saturated heterocycles. The number of aromatic amines is 1. The maximum Gasteiger partial charge on any atom is 0.309 e. The van der Waals surface area contributed by atoms with Crippen LogP contribution in [0.2, 0.25) is 0 Å². The molecule has 0 fully saturated rings. The van der Waals surface area contributed by atoms with Crippen LogP contribution in [-0.2, 0) is 9.53 Å². The van der Waals surface area contributed by atoms with Crippen LogP contribution in [0.1, 0.15) is 41.3 Å². The minimum absolute atomic E-state index is 0.113. The number of aryl methyl sites for hydroxylation is 3. The topological polar surface area (TPSA) is 81.3 Å². The number of hydrogen-bond donors (Lipinski definition) is 1. The Hall–Kier alpha value is -2.67. The Morgan fingerprint density at radius 2 is 1.93 bits per heavy atom. The third-order valence-corrected chi connectivity index (χ3v) is 5.45. The standard InChI is InChI=1S/C20H22N2O4S/c1-11-5-7-15(8-6-11)25-10-9-16(23)26-13(3)18-21-19(24)17-12(2)14(4)27-20(17)22-18/h5-8,13H,9-10H2,1-4H3,(H,21,22,24)/t13-/m0/s1. The largest absolute Gasteiger partial charge is 0.493 e. The van der Waals surface area contributed by atoms with Gasteiger partial charge in [0.05, 0.1) is 18.4 Å². The monoisotopic (exact) mass is 386 g/mol. The van der Waals surface area contributed by atoms with Gasteiger partial charge in [-0.3, -0.25) is 9.59 Å². The van der Waals surface area contributed by atoms with Crippen molar-refractivity contribution in [3.8, 4) is 5.75 Å². The summed E-state index contributed by atoms with van der Waals surface area (Å²) in [6, 6.07) is 7.61. The quantitative estimate of drug-likeness (QED) is 0.648. The Bertz CT molecular complexity index is 1020. The number of aromatic nitrogens is 2. The predicted octanol–water partition coefficient (Wildman–Crippen LogP) is 3.98. The molecule has 2 heterocycles. The van der Waals surface area contributed by atoms with Gasteiger partial charge in [0.2, 0.25) is 0 Å². The van der Waals surface area contributed by atoms with Gasteiger partial charge in [-0.25, -0.2) is 4.98 Å². The average Bonchev–Trinajstić information content (AvgIpc) is 2.91. The third kappa shape index (κ3) is 4.36. The van der Waals surface area contributed by atoms with Gasteiger partial charge in [0.25, 0.3) is 5.56 Å². The summed E-state index contributed by atoms with van der Waals surface area (Å²) in [7, 11) is 0. The van der Waals surface area contributed by atoms with Crippen LogP contribution in [0.15, 0.2) is 29.1 Å². The van der Waals surface area contributed by atoms with Crippen molar-refractivity contribution in [3.63, 3.8) is 0 Å². The molecule has 0 aliphatic rings. The van der Waals surface area contributed by atoms with Crippen molar-refractivity contribution in [2.75, 3.05) is 6.61 Å². The maximum absolute atomic E-state index is 12.3. The van der Waals surface area contributed by atoms with E-state index >= 15 is 0 Å². The molecule has 142 valence electrons. The van der Waals surface area contributed by atoms with Crippen molar-refractivity contribution < 1.29 is 14.3 Å². The summed E-state index contributed by atoms with van der Waals surface area (Å²) in [6.45, 7) is 7.77. The van der Waals surface area contributed by atoms with Gasteiger partial charge in [-0.15, -0.1) is 11.3 Å². The number of benzene rings is 1. The van der Waals surface area contributed by atoms with E-state index in [0.717, 1.165) is 16.0 Å². The molecular formula is C20H22N2O4S. The first-order valence-electron chi connectivity index (χ1n) is 8.74. The number of rotatable bonds is 6. The van der Waals surface area contributed by atoms with Crippen LogP contribution in [0.25, 0.3) is 10.2 Å². The number of thiophene rings is 1. The number of hydrogen-bond acceptors (Lipinski definition) is 6. The molecule has 0 unspecified atom stereocenters. The second-order valence-corrected chi connectivity index (χ2v) is 7.66. The van der Waals surface area contributed by atoms with E-state index in [9.17, 15) is 9.59 Å². The summed E-state index contributed by atoms with van der Waals surface area (Å²) in [4.78, 5) is 33.3. The summed E-state index contributed by atoms with van der Waals surface area (Å²) < 4.78 is 10.9. The minimum Gasteiger partial charge on any atom is -0.493 e. The van der Waals surface area contributed by atoms with Gasteiger partial charge in [-0.05, 0) is 45.4 Å². The molecule has 0 bridgehead atoms. The fraction of sp³-hybridized carbons (Fsp3) is 0.350. The van der Waals surface area contributed by atoms with E-state index in [0.29, 0.717) is 21.8 Å². The number of carbonyl (C=O) groups is 1. The number of carbonyl (C=O) groups excluding carboxylic acids is 1. The minimum atomic E-state index is -0.642. The van der Waals surface area contributed by atoms with E-state index in [4.69, 9.17) is 9.47 Å². The highest BCUT2D eigenvalue weighted by Gasteiger charge is 2.18. The molecule has 0 saturated carbocycles. The zero-order valence-electron chi connectivity index (χ0n) is 15.8. The van der Waals surface area contributed by atoms with E-state index < -0.39 is 12.1 Å². The number of nitrogens with zero attached hydrogens (tertiary/aromatic N) is 1. The molecule has 0 aliphatic heterocycles. The third-order valence-electron chi connectivity index (χ3n) is 4.35. The molecule has 6 nitrogen and oxygen atoms in total. The Morgan fingerprint density at radius 3 is 2.63 bits per heavy atom. The zero-order chi connectivity index (χ0) is 19.6. The van der Waals surface area contributed by atoms with E-state index in [1.807, 2.05) is 45.0 Å². The number of H-pyrrole nitrogens is 1. The van der Waals surface area contributed by atoms with E-state index in [2.05, 4.69) is 9.97 Å². The molecule has 3 rings (SSSR count). The number of fused-ring (bicyclic) bond motifs is 1. The van der Waals surface area contributed by atoms with E-state index in [1.165, 1.54) is 11.3 Å². The molecule has 1 aromatic carbocycles. The van der Waals surface area contributed by atoms with Crippen molar-refractivity contribution in [1.82, 2.24) is 9.97 Å². The van der Waals surface area contributed by atoms with Gasteiger partial charge in [0, 0.05) is 4.88 Å². The van der Waals surface area contributed by atoms with Gasteiger partial charge >= 0.3 is 5.97 Å². The highest BCUT2D eigenvalue weighted by Crippen LogP contribution is 2.27. The summed E-state index contributed by atoms with van der Waals surface area (Å²) in [5.41, 5.74) is 1.88. The van der Waals surface area contributed by atoms with Crippen molar-refractivity contribution in [3.05, 3.63) is 56.4 Å². The summed E-state index contributed by atoms with van der Waals surface area (Å²) in [5, 5.41) is 0.603. The lowest BCUT2D eigenvalue weighted by atomic mass is 10.2. The normalized spacial score (nSPS) is 12.1. The van der Waals surface area contributed by atoms with Crippen molar-refractivity contribution in [1.29, 1.82) is 0 Å². The van der Waals surface area contributed by atoms with Crippen LogP contribution in [0.5, 0.6) is 5.75 Å². The second-order valence-electron chi connectivity index (χ2n) is 6.46. The van der Waals surface area contributed by atoms with Crippen LogP contribution >= 0.6 is 11.3 Å². The Balaban J connectivity index is 1.60. The van der Waals surface area contributed by atoms with Crippen molar-refractivity contribution in [2.24, 2.45) is 0 Å². The van der Waals surface area contributed by atoms with Crippen molar-refractivity contribution in [2.45, 2.75) is 40.2 Å². The Kier molecular flexibility index (Phi) is 5.60. The SMILES string of the molecule is Cc1ccc(OCCC(=O)O[C@@H](C)c2nc3sc(C)c(C)c3c(=O)[nH]2)cc1. The molecule has 27 heavy (non-hydrogen) atoms. The first kappa shape index (κ1) is 19.1. The molecule has 2 aromatic heterocycles. The Morgan fingerprint density at radius 1 is 1.22 bits per heavy atom. The molecular weight excluding hydrogens is 364 g/mol. The van der Waals surface area contributed by atoms with E-state index in [1.54, 1.807) is 6.92 Å². The number of ether oxygens (including phenoxy) is 2. The fourth-order valence-corrected chi connectivity index (χ4v) is 3.70. The second kappa shape index (κ2) is 7.92. The molecule has 0 amide bonds. The van der Waals surface area contributed by atoms with Crippen LogP contribution in [0, 0.1) is 20.8 Å². The molecule has 1 N–H and O–H groups in total. The smallest absolute Gasteiger partial charge is 0.309 e. The van der Waals surface area contributed by atoms with Gasteiger partial charge in [-0.1, -0.05) is 17.7 Å². The summed E-state index contributed by atoms with van der Waals surface area (Å²) in [5.74, 6) is 0.652. The van der Waals surface area contributed by atoms with Gasteiger partial charge in [0.15, 0.2) is 11.9 Å². The molecule has 0 aliphatic carbocycles. The maximum atomic E-state index is 12.3. The lowest BCUT2D eigenvalue weighted by molar-refractivity contribution is -0.149. The average molecular weight is 386 g/mol. The molecule has 7 heteroatoms. The summed E-state index contributed by atoms with van der Waals surface area (Å²) in [6.07, 6.45) is -0.529. The van der Waals surface area contributed by atoms with E-state index in [-0.39, 0.29) is 18.6 Å². The van der Waals surface area contributed by atoms with Crippen LogP contribution in [-0.4, -0.2) is 22.5 Å². The first-order chi connectivity index (χ1) is 12.8. The first-order valence-corrected chi connectivity index (χ1v) is 9.55. The highest BCUT2D eigenvalue weighted by atomic mass is 32.1. The Labute approximate surface area is 161 Å². The predicted molar refractivity (Wildman–Crippen MR) is 106 cm³/mol. The molecule has 3 aromatic rings. The van der Waals surface area contributed by atoms with Crippen LogP contribution < -0.4 is 10.3 Å². The lowest BCUT2D eigenvalue weighted by Gasteiger charge is -2.13.